The summed E-state index contributed by atoms with van der Waals surface area (Å²) in [5.41, 5.74) is 3.31. The fourth-order valence-electron chi connectivity index (χ4n) is 3.52. The number of likely N-dealkylation sites (tertiary alicyclic amines) is 1. The molecule has 1 fully saturated rings. The van der Waals surface area contributed by atoms with Crippen LogP contribution in [0.1, 0.15) is 41.7 Å². The molecule has 7 heteroatoms. The highest BCUT2D eigenvalue weighted by molar-refractivity contribution is 5.52. The standard InChI is InChI=1S/C19H23N7/c1-13-9-19(25-24-13)23-18-10-16(21-14(2)22-18)17-6-4-8-26(17)12-15-5-3-7-20-11-15/h3,5,7,9-11,17H,4,6,8,12H2,1-2H3,(H2,21,22,23,24,25). The first-order valence-electron chi connectivity index (χ1n) is 8.95. The third-order valence-electron chi connectivity index (χ3n) is 4.63. The van der Waals surface area contributed by atoms with Crippen molar-refractivity contribution >= 4 is 11.6 Å². The van der Waals surface area contributed by atoms with Crippen LogP contribution in [0.5, 0.6) is 0 Å². The van der Waals surface area contributed by atoms with Crippen molar-refractivity contribution in [3.63, 3.8) is 0 Å². The molecule has 0 amide bonds. The molecule has 0 aliphatic carbocycles. The van der Waals surface area contributed by atoms with E-state index in [1.165, 1.54) is 12.0 Å². The molecule has 3 aromatic rings. The van der Waals surface area contributed by atoms with E-state index in [-0.39, 0.29) is 0 Å². The maximum atomic E-state index is 4.72. The van der Waals surface area contributed by atoms with E-state index in [2.05, 4.69) is 36.4 Å². The van der Waals surface area contributed by atoms with Gasteiger partial charge in [0.05, 0.1) is 11.7 Å². The lowest BCUT2D eigenvalue weighted by molar-refractivity contribution is 0.244. The molecule has 0 bridgehead atoms. The summed E-state index contributed by atoms with van der Waals surface area (Å²) in [6.45, 7) is 5.88. The summed E-state index contributed by atoms with van der Waals surface area (Å²) >= 11 is 0. The summed E-state index contributed by atoms with van der Waals surface area (Å²) in [7, 11) is 0. The molecule has 0 radical (unpaired) electrons. The van der Waals surface area contributed by atoms with Crippen LogP contribution in [0.3, 0.4) is 0 Å². The molecule has 1 aliphatic rings. The Morgan fingerprint density at radius 2 is 2.15 bits per heavy atom. The van der Waals surface area contributed by atoms with E-state index in [1.54, 1.807) is 0 Å². The second-order valence-corrected chi connectivity index (χ2v) is 6.78. The molecule has 3 aromatic heterocycles. The van der Waals surface area contributed by atoms with Gasteiger partial charge in [-0.2, -0.15) is 5.10 Å². The number of H-pyrrole nitrogens is 1. The molecule has 1 atom stereocenters. The summed E-state index contributed by atoms with van der Waals surface area (Å²) in [4.78, 5) is 15.9. The number of aryl methyl sites for hydroxylation is 2. The average molecular weight is 349 g/mol. The molecule has 26 heavy (non-hydrogen) atoms. The number of hydrogen-bond acceptors (Lipinski definition) is 6. The van der Waals surface area contributed by atoms with Gasteiger partial charge in [0.1, 0.15) is 11.6 Å². The molecule has 0 saturated carbocycles. The van der Waals surface area contributed by atoms with Crippen molar-refractivity contribution in [3.8, 4) is 0 Å². The predicted molar refractivity (Wildman–Crippen MR) is 100.0 cm³/mol. The Labute approximate surface area is 152 Å². The largest absolute Gasteiger partial charge is 0.323 e. The highest BCUT2D eigenvalue weighted by Gasteiger charge is 2.27. The van der Waals surface area contributed by atoms with Gasteiger partial charge in [-0.05, 0) is 44.9 Å². The number of nitrogens with zero attached hydrogens (tertiary/aromatic N) is 5. The van der Waals surface area contributed by atoms with Crippen LogP contribution in [0.15, 0.2) is 36.7 Å². The van der Waals surface area contributed by atoms with E-state index in [9.17, 15) is 0 Å². The zero-order chi connectivity index (χ0) is 17.9. The van der Waals surface area contributed by atoms with Gasteiger partial charge >= 0.3 is 0 Å². The van der Waals surface area contributed by atoms with Gasteiger partial charge in [0.15, 0.2) is 5.82 Å². The molecule has 4 heterocycles. The SMILES string of the molecule is Cc1nc(Nc2cc(C)[nH]n2)cc(C2CCCN2Cc2cccnc2)n1. The van der Waals surface area contributed by atoms with Gasteiger partial charge in [-0.1, -0.05) is 6.07 Å². The minimum atomic E-state index is 0.304. The Morgan fingerprint density at radius 1 is 1.23 bits per heavy atom. The second kappa shape index (κ2) is 7.21. The Kier molecular flexibility index (Phi) is 4.62. The maximum absolute atomic E-state index is 4.72. The van der Waals surface area contributed by atoms with Crippen molar-refractivity contribution < 1.29 is 0 Å². The van der Waals surface area contributed by atoms with Crippen molar-refractivity contribution in [1.82, 2.24) is 30.0 Å². The van der Waals surface area contributed by atoms with Gasteiger partial charge in [0.25, 0.3) is 0 Å². The summed E-state index contributed by atoms with van der Waals surface area (Å²) in [6, 6.07) is 8.42. The number of hydrogen-bond donors (Lipinski definition) is 2. The van der Waals surface area contributed by atoms with E-state index >= 15 is 0 Å². The number of anilines is 2. The first kappa shape index (κ1) is 16.7. The molecule has 1 saturated heterocycles. The molecular formula is C19H23N7. The van der Waals surface area contributed by atoms with Crippen LogP contribution in [-0.2, 0) is 6.54 Å². The second-order valence-electron chi connectivity index (χ2n) is 6.78. The zero-order valence-electron chi connectivity index (χ0n) is 15.1. The predicted octanol–water partition coefficient (Wildman–Crippen LogP) is 3.29. The number of rotatable bonds is 5. The van der Waals surface area contributed by atoms with E-state index < -0.39 is 0 Å². The lowest BCUT2D eigenvalue weighted by atomic mass is 10.1. The van der Waals surface area contributed by atoms with Crippen LogP contribution < -0.4 is 5.32 Å². The highest BCUT2D eigenvalue weighted by atomic mass is 15.2. The average Bonchev–Trinajstić information content (AvgIpc) is 3.24. The van der Waals surface area contributed by atoms with Crippen molar-refractivity contribution in [2.75, 3.05) is 11.9 Å². The van der Waals surface area contributed by atoms with E-state index in [4.69, 9.17) is 4.98 Å². The quantitative estimate of drug-likeness (QED) is 0.735. The lowest BCUT2D eigenvalue weighted by Gasteiger charge is -2.24. The minimum Gasteiger partial charge on any atom is -0.323 e. The van der Waals surface area contributed by atoms with Gasteiger partial charge in [0, 0.05) is 36.8 Å². The van der Waals surface area contributed by atoms with Crippen LogP contribution in [0.25, 0.3) is 0 Å². The van der Waals surface area contributed by atoms with E-state index in [0.29, 0.717) is 6.04 Å². The molecule has 7 nitrogen and oxygen atoms in total. The molecule has 2 N–H and O–H groups in total. The molecule has 1 unspecified atom stereocenters. The van der Waals surface area contributed by atoms with Crippen LogP contribution in [0.2, 0.25) is 0 Å². The third kappa shape index (κ3) is 3.72. The van der Waals surface area contributed by atoms with Gasteiger partial charge in [-0.15, -0.1) is 0 Å². The van der Waals surface area contributed by atoms with E-state index in [1.807, 2.05) is 44.4 Å². The molecule has 1 aliphatic heterocycles. The highest BCUT2D eigenvalue weighted by Crippen LogP contribution is 2.33. The normalized spacial score (nSPS) is 17.5. The summed E-state index contributed by atoms with van der Waals surface area (Å²) < 4.78 is 0. The summed E-state index contributed by atoms with van der Waals surface area (Å²) in [5.74, 6) is 2.32. The zero-order valence-corrected chi connectivity index (χ0v) is 15.1. The third-order valence-corrected chi connectivity index (χ3v) is 4.63. The first-order valence-corrected chi connectivity index (χ1v) is 8.95. The Morgan fingerprint density at radius 3 is 2.92 bits per heavy atom. The van der Waals surface area contributed by atoms with Crippen LogP contribution in [0.4, 0.5) is 11.6 Å². The topological polar surface area (TPSA) is 82.6 Å². The maximum Gasteiger partial charge on any atom is 0.153 e. The monoisotopic (exact) mass is 349 g/mol. The Balaban J connectivity index is 1.55. The van der Waals surface area contributed by atoms with Gasteiger partial charge in [0.2, 0.25) is 0 Å². The Hall–Kier alpha value is -2.80. The van der Waals surface area contributed by atoms with Gasteiger partial charge in [-0.3, -0.25) is 15.0 Å². The van der Waals surface area contributed by atoms with Gasteiger partial charge < -0.3 is 5.32 Å². The minimum absolute atomic E-state index is 0.304. The molecule has 134 valence electrons. The van der Waals surface area contributed by atoms with Crippen LogP contribution >= 0.6 is 0 Å². The van der Waals surface area contributed by atoms with Crippen molar-refractivity contribution in [1.29, 1.82) is 0 Å². The van der Waals surface area contributed by atoms with Crippen LogP contribution in [0, 0.1) is 13.8 Å². The first-order chi connectivity index (χ1) is 12.7. The number of aromatic nitrogens is 5. The Bertz CT molecular complexity index is 875. The summed E-state index contributed by atoms with van der Waals surface area (Å²) in [6.07, 6.45) is 6.04. The molecular weight excluding hydrogens is 326 g/mol. The molecule has 4 rings (SSSR count). The number of aromatic amines is 1. The van der Waals surface area contributed by atoms with Gasteiger partial charge in [-0.25, -0.2) is 9.97 Å². The van der Waals surface area contributed by atoms with Crippen molar-refractivity contribution in [2.45, 2.75) is 39.3 Å². The van der Waals surface area contributed by atoms with Crippen LogP contribution in [-0.4, -0.2) is 36.6 Å². The summed E-state index contributed by atoms with van der Waals surface area (Å²) in [5, 5.41) is 10.4. The fourth-order valence-corrected chi connectivity index (χ4v) is 3.52. The van der Waals surface area contributed by atoms with E-state index in [0.717, 1.165) is 48.4 Å². The smallest absolute Gasteiger partial charge is 0.153 e. The molecule has 0 aromatic carbocycles. The fraction of sp³-hybridized carbons (Fsp3) is 0.368. The van der Waals surface area contributed by atoms with Crippen molar-refractivity contribution in [3.05, 3.63) is 59.4 Å². The molecule has 0 spiro atoms. The lowest BCUT2D eigenvalue weighted by Crippen LogP contribution is -2.24. The number of pyridine rings is 1. The number of nitrogens with one attached hydrogen (secondary N) is 2. The van der Waals surface area contributed by atoms with Crippen molar-refractivity contribution in [2.24, 2.45) is 0 Å².